The third kappa shape index (κ3) is 3.27. The predicted octanol–water partition coefficient (Wildman–Crippen LogP) is 5.21. The average Bonchev–Trinajstić information content (AvgIpc) is 2.37. The summed E-state index contributed by atoms with van der Waals surface area (Å²) in [4.78, 5) is 0. The van der Waals surface area contributed by atoms with Crippen molar-refractivity contribution in [3.05, 3.63) is 64.7 Å². The summed E-state index contributed by atoms with van der Waals surface area (Å²) in [5.41, 5.74) is 3.70. The Labute approximate surface area is 114 Å². The van der Waals surface area contributed by atoms with Crippen LogP contribution in [0.5, 0.6) is 0 Å². The number of benzene rings is 2. The van der Waals surface area contributed by atoms with Crippen molar-refractivity contribution in [2.75, 3.05) is 5.32 Å². The van der Waals surface area contributed by atoms with E-state index in [9.17, 15) is 0 Å². The molecule has 0 heterocycles. The van der Waals surface area contributed by atoms with Crippen LogP contribution >= 0.6 is 11.6 Å². The van der Waals surface area contributed by atoms with Crippen LogP contribution in [0, 0.1) is 6.92 Å². The summed E-state index contributed by atoms with van der Waals surface area (Å²) in [5.74, 6) is 0. The maximum Gasteiger partial charge on any atom is 0.0511 e. The maximum atomic E-state index is 5.92. The molecule has 2 aromatic rings. The van der Waals surface area contributed by atoms with Crippen LogP contribution in [0.1, 0.15) is 30.5 Å². The summed E-state index contributed by atoms with van der Waals surface area (Å²) in [6.45, 7) is 4.29. The fraction of sp³-hybridized carbons (Fsp3) is 0.250. The monoisotopic (exact) mass is 259 g/mol. The molecule has 0 aliphatic heterocycles. The first-order valence-electron chi connectivity index (χ1n) is 6.27. The molecule has 0 fully saturated rings. The summed E-state index contributed by atoms with van der Waals surface area (Å²) in [6.07, 6.45) is 1.04. The van der Waals surface area contributed by atoms with E-state index in [1.807, 2.05) is 12.1 Å². The molecule has 0 bridgehead atoms. The van der Waals surface area contributed by atoms with Crippen molar-refractivity contribution >= 4 is 17.3 Å². The van der Waals surface area contributed by atoms with E-state index in [-0.39, 0.29) is 0 Å². The molecule has 1 nitrogen and oxygen atoms in total. The lowest BCUT2D eigenvalue weighted by molar-refractivity contribution is 0.749. The molecular formula is C16H18ClN. The lowest BCUT2D eigenvalue weighted by Crippen LogP contribution is -2.09. The topological polar surface area (TPSA) is 12.0 Å². The Kier molecular flexibility index (Phi) is 4.27. The molecule has 0 saturated carbocycles. The van der Waals surface area contributed by atoms with Gasteiger partial charge in [-0.15, -0.1) is 0 Å². The molecule has 0 radical (unpaired) electrons. The highest BCUT2D eigenvalue weighted by molar-refractivity contribution is 6.30. The smallest absolute Gasteiger partial charge is 0.0511 e. The molecule has 2 aromatic carbocycles. The maximum absolute atomic E-state index is 5.92. The van der Waals surface area contributed by atoms with Gasteiger partial charge in [-0.05, 0) is 48.7 Å². The minimum Gasteiger partial charge on any atom is -0.378 e. The van der Waals surface area contributed by atoms with Crippen LogP contribution in [-0.4, -0.2) is 0 Å². The highest BCUT2D eigenvalue weighted by atomic mass is 35.5. The van der Waals surface area contributed by atoms with Crippen molar-refractivity contribution in [2.24, 2.45) is 0 Å². The van der Waals surface area contributed by atoms with Gasteiger partial charge in [-0.25, -0.2) is 0 Å². The first-order chi connectivity index (χ1) is 8.69. The fourth-order valence-electron chi connectivity index (χ4n) is 2.05. The lowest BCUT2D eigenvalue weighted by atomic mass is 10.0. The molecular weight excluding hydrogens is 242 g/mol. The zero-order chi connectivity index (χ0) is 13.0. The van der Waals surface area contributed by atoms with E-state index in [1.54, 1.807) is 0 Å². The second-order valence-corrected chi connectivity index (χ2v) is 4.96. The summed E-state index contributed by atoms with van der Waals surface area (Å²) in [7, 11) is 0. The lowest BCUT2D eigenvalue weighted by Gasteiger charge is -2.19. The zero-order valence-electron chi connectivity index (χ0n) is 10.8. The number of hydrogen-bond donors (Lipinski definition) is 1. The van der Waals surface area contributed by atoms with Gasteiger partial charge in [0.15, 0.2) is 0 Å². The van der Waals surface area contributed by atoms with Crippen LogP contribution in [0.15, 0.2) is 48.5 Å². The van der Waals surface area contributed by atoms with E-state index >= 15 is 0 Å². The van der Waals surface area contributed by atoms with Crippen LogP contribution in [-0.2, 0) is 0 Å². The summed E-state index contributed by atoms with van der Waals surface area (Å²) in [6, 6.07) is 16.8. The quantitative estimate of drug-likeness (QED) is 0.795. The number of hydrogen-bond acceptors (Lipinski definition) is 1. The molecule has 1 atom stereocenters. The normalized spacial score (nSPS) is 12.2. The Morgan fingerprint density at radius 1 is 1.11 bits per heavy atom. The van der Waals surface area contributed by atoms with Gasteiger partial charge in [0.2, 0.25) is 0 Å². The van der Waals surface area contributed by atoms with Gasteiger partial charge in [0, 0.05) is 10.7 Å². The van der Waals surface area contributed by atoms with Gasteiger partial charge < -0.3 is 5.32 Å². The van der Waals surface area contributed by atoms with Crippen molar-refractivity contribution in [3.63, 3.8) is 0 Å². The molecule has 2 rings (SSSR count). The van der Waals surface area contributed by atoms with Gasteiger partial charge >= 0.3 is 0 Å². The number of halogens is 1. The first-order valence-corrected chi connectivity index (χ1v) is 6.65. The minimum atomic E-state index is 0.323. The number of rotatable bonds is 4. The van der Waals surface area contributed by atoms with Crippen molar-refractivity contribution < 1.29 is 0 Å². The summed E-state index contributed by atoms with van der Waals surface area (Å²) < 4.78 is 0. The minimum absolute atomic E-state index is 0.323. The predicted molar refractivity (Wildman–Crippen MR) is 79.3 cm³/mol. The van der Waals surface area contributed by atoms with E-state index in [2.05, 4.69) is 55.6 Å². The summed E-state index contributed by atoms with van der Waals surface area (Å²) >= 11 is 5.92. The highest BCUT2D eigenvalue weighted by Gasteiger charge is 2.08. The Morgan fingerprint density at radius 3 is 2.44 bits per heavy atom. The number of aryl methyl sites for hydroxylation is 1. The molecule has 0 aromatic heterocycles. The van der Waals surface area contributed by atoms with E-state index < -0.39 is 0 Å². The van der Waals surface area contributed by atoms with Crippen LogP contribution in [0.4, 0.5) is 5.69 Å². The van der Waals surface area contributed by atoms with Gasteiger partial charge in [-0.2, -0.15) is 0 Å². The molecule has 1 N–H and O–H groups in total. The molecule has 0 saturated heterocycles. The van der Waals surface area contributed by atoms with Crippen LogP contribution in [0.3, 0.4) is 0 Å². The molecule has 18 heavy (non-hydrogen) atoms. The standard InChI is InChI=1S/C16H18ClN/c1-3-16(13-7-9-14(17)10-8-13)18-15-6-4-5-12(2)11-15/h4-11,16,18H,3H2,1-2H3. The Balaban J connectivity index is 2.17. The fourth-order valence-corrected chi connectivity index (χ4v) is 2.18. The van der Waals surface area contributed by atoms with E-state index in [1.165, 1.54) is 11.1 Å². The number of nitrogens with one attached hydrogen (secondary N) is 1. The van der Waals surface area contributed by atoms with Crippen molar-refractivity contribution in [1.29, 1.82) is 0 Å². The van der Waals surface area contributed by atoms with E-state index in [0.29, 0.717) is 6.04 Å². The molecule has 0 aliphatic carbocycles. The SMILES string of the molecule is CCC(Nc1cccc(C)c1)c1ccc(Cl)cc1. The molecule has 0 amide bonds. The van der Waals surface area contributed by atoms with Gasteiger partial charge in [-0.1, -0.05) is 42.8 Å². The first kappa shape index (κ1) is 13.0. The van der Waals surface area contributed by atoms with Crippen LogP contribution < -0.4 is 5.32 Å². The van der Waals surface area contributed by atoms with Crippen molar-refractivity contribution in [2.45, 2.75) is 26.3 Å². The second-order valence-electron chi connectivity index (χ2n) is 4.53. The Bertz CT molecular complexity index is 505. The Hall–Kier alpha value is -1.47. The largest absolute Gasteiger partial charge is 0.378 e. The van der Waals surface area contributed by atoms with Crippen LogP contribution in [0.2, 0.25) is 5.02 Å². The summed E-state index contributed by atoms with van der Waals surface area (Å²) in [5, 5.41) is 4.34. The molecule has 1 unspecified atom stereocenters. The van der Waals surface area contributed by atoms with E-state index in [4.69, 9.17) is 11.6 Å². The van der Waals surface area contributed by atoms with Crippen molar-refractivity contribution in [3.8, 4) is 0 Å². The van der Waals surface area contributed by atoms with Gasteiger partial charge in [0.1, 0.15) is 0 Å². The highest BCUT2D eigenvalue weighted by Crippen LogP contribution is 2.24. The van der Waals surface area contributed by atoms with Crippen molar-refractivity contribution in [1.82, 2.24) is 0 Å². The van der Waals surface area contributed by atoms with Gasteiger partial charge in [0.25, 0.3) is 0 Å². The zero-order valence-corrected chi connectivity index (χ0v) is 11.5. The second kappa shape index (κ2) is 5.92. The molecule has 94 valence electrons. The molecule has 0 spiro atoms. The van der Waals surface area contributed by atoms with Crippen LogP contribution in [0.25, 0.3) is 0 Å². The molecule has 2 heteroatoms. The third-order valence-electron chi connectivity index (χ3n) is 3.04. The number of anilines is 1. The van der Waals surface area contributed by atoms with Gasteiger partial charge in [-0.3, -0.25) is 0 Å². The van der Waals surface area contributed by atoms with E-state index in [0.717, 1.165) is 17.1 Å². The molecule has 0 aliphatic rings. The third-order valence-corrected chi connectivity index (χ3v) is 3.29. The van der Waals surface area contributed by atoms with Gasteiger partial charge in [0.05, 0.1) is 6.04 Å². The average molecular weight is 260 g/mol. The Morgan fingerprint density at radius 2 is 1.83 bits per heavy atom.